The van der Waals surface area contributed by atoms with Crippen LogP contribution < -0.4 is 11.1 Å². The van der Waals surface area contributed by atoms with Gasteiger partial charge in [-0.3, -0.25) is 4.79 Å². The second-order valence-corrected chi connectivity index (χ2v) is 4.60. The molecule has 98 valence electrons. The number of nitrogens with one attached hydrogen (secondary N) is 1. The quantitative estimate of drug-likeness (QED) is 0.901. The summed E-state index contributed by atoms with van der Waals surface area (Å²) in [5.74, 6) is -0.144. The monoisotopic (exact) mass is 274 g/mol. The number of carbonyl (C=O) groups is 1. The van der Waals surface area contributed by atoms with E-state index in [1.54, 1.807) is 24.3 Å². The van der Waals surface area contributed by atoms with E-state index in [-0.39, 0.29) is 5.91 Å². The van der Waals surface area contributed by atoms with Crippen LogP contribution in [0.25, 0.3) is 0 Å². The second-order valence-electron chi connectivity index (χ2n) is 4.17. The molecule has 0 aliphatic carbocycles. The highest BCUT2D eigenvalue weighted by Crippen LogP contribution is 2.11. The molecule has 1 amide bonds. The molecule has 0 aromatic heterocycles. The molecule has 3 N–H and O–H groups in total. The molecular weight excluding hydrogens is 260 g/mol. The van der Waals surface area contributed by atoms with E-state index >= 15 is 0 Å². The van der Waals surface area contributed by atoms with Gasteiger partial charge >= 0.3 is 0 Å². The van der Waals surface area contributed by atoms with Gasteiger partial charge < -0.3 is 11.1 Å². The Morgan fingerprint density at radius 3 is 2.53 bits per heavy atom. The third kappa shape index (κ3) is 3.56. The van der Waals surface area contributed by atoms with Gasteiger partial charge in [-0.2, -0.15) is 0 Å². The maximum atomic E-state index is 12.0. The molecule has 0 aliphatic rings. The van der Waals surface area contributed by atoms with Crippen molar-refractivity contribution in [2.45, 2.75) is 13.1 Å². The Morgan fingerprint density at radius 1 is 1.11 bits per heavy atom. The van der Waals surface area contributed by atoms with Crippen LogP contribution in [0.3, 0.4) is 0 Å². The summed E-state index contributed by atoms with van der Waals surface area (Å²) in [6, 6.07) is 14.7. The minimum atomic E-state index is -0.144. The molecule has 0 aliphatic heterocycles. The fraction of sp³-hybridized carbons (Fsp3) is 0.133. The largest absolute Gasteiger partial charge is 0.348 e. The van der Waals surface area contributed by atoms with E-state index in [1.807, 2.05) is 24.3 Å². The summed E-state index contributed by atoms with van der Waals surface area (Å²) >= 11 is 5.86. The summed E-state index contributed by atoms with van der Waals surface area (Å²) in [4.78, 5) is 12.0. The Labute approximate surface area is 117 Å². The highest BCUT2D eigenvalue weighted by molar-refractivity contribution is 6.30. The summed E-state index contributed by atoms with van der Waals surface area (Å²) in [7, 11) is 0. The van der Waals surface area contributed by atoms with Gasteiger partial charge in [-0.05, 0) is 29.3 Å². The van der Waals surface area contributed by atoms with Crippen LogP contribution in [0.5, 0.6) is 0 Å². The van der Waals surface area contributed by atoms with E-state index in [0.717, 1.165) is 11.1 Å². The molecule has 0 radical (unpaired) electrons. The minimum absolute atomic E-state index is 0.144. The lowest BCUT2D eigenvalue weighted by Crippen LogP contribution is -2.23. The first-order valence-electron chi connectivity index (χ1n) is 6.01. The number of nitrogens with two attached hydrogens (primary N) is 1. The highest BCUT2D eigenvalue weighted by Gasteiger charge is 2.06. The maximum Gasteiger partial charge on any atom is 0.251 e. The van der Waals surface area contributed by atoms with Gasteiger partial charge in [-0.1, -0.05) is 41.9 Å². The normalized spacial score (nSPS) is 10.2. The summed E-state index contributed by atoms with van der Waals surface area (Å²) < 4.78 is 0. The zero-order valence-corrected chi connectivity index (χ0v) is 11.2. The Kier molecular flexibility index (Phi) is 4.55. The smallest absolute Gasteiger partial charge is 0.251 e. The van der Waals surface area contributed by atoms with E-state index in [1.165, 1.54) is 0 Å². The molecule has 19 heavy (non-hydrogen) atoms. The molecule has 0 spiro atoms. The topological polar surface area (TPSA) is 55.1 Å². The maximum absolute atomic E-state index is 12.0. The number of amides is 1. The Balaban J connectivity index is 2.04. The van der Waals surface area contributed by atoms with Crippen molar-refractivity contribution in [2.24, 2.45) is 5.73 Å². The molecule has 2 aromatic carbocycles. The Hall–Kier alpha value is -1.84. The number of halogens is 1. The molecule has 0 fully saturated rings. The van der Waals surface area contributed by atoms with Crippen molar-refractivity contribution in [3.8, 4) is 0 Å². The van der Waals surface area contributed by atoms with Crippen LogP contribution >= 0.6 is 11.6 Å². The lowest BCUT2D eigenvalue weighted by Gasteiger charge is -2.09. The van der Waals surface area contributed by atoms with Gasteiger partial charge in [0.15, 0.2) is 0 Å². The molecule has 0 saturated heterocycles. The predicted octanol–water partition coefficient (Wildman–Crippen LogP) is 2.73. The molecule has 4 heteroatoms. The first-order valence-corrected chi connectivity index (χ1v) is 6.39. The zero-order chi connectivity index (χ0) is 13.7. The van der Waals surface area contributed by atoms with Crippen LogP contribution in [0.4, 0.5) is 0 Å². The molecule has 3 nitrogen and oxygen atoms in total. The fourth-order valence-electron chi connectivity index (χ4n) is 1.84. The van der Waals surface area contributed by atoms with Crippen molar-refractivity contribution in [3.05, 3.63) is 70.2 Å². The fourth-order valence-corrected chi connectivity index (χ4v) is 2.03. The molecule has 0 unspecified atom stereocenters. The SMILES string of the molecule is NCc1ccccc1CNC(=O)c1cccc(Cl)c1. The first-order chi connectivity index (χ1) is 9.20. The molecule has 0 heterocycles. The van der Waals surface area contributed by atoms with Crippen LogP contribution in [0, 0.1) is 0 Å². The number of benzene rings is 2. The van der Waals surface area contributed by atoms with Crippen LogP contribution in [0.2, 0.25) is 5.02 Å². The van der Waals surface area contributed by atoms with Crippen molar-refractivity contribution in [2.75, 3.05) is 0 Å². The third-order valence-corrected chi connectivity index (χ3v) is 3.10. The van der Waals surface area contributed by atoms with Crippen molar-refractivity contribution < 1.29 is 4.79 Å². The van der Waals surface area contributed by atoms with Gasteiger partial charge in [0.1, 0.15) is 0 Å². The molecule has 2 rings (SSSR count). The van der Waals surface area contributed by atoms with Gasteiger partial charge in [0.25, 0.3) is 5.91 Å². The van der Waals surface area contributed by atoms with E-state index in [4.69, 9.17) is 17.3 Å². The molecule has 0 bridgehead atoms. The standard InChI is InChI=1S/C15H15ClN2O/c16-14-7-3-6-11(8-14)15(19)18-10-13-5-2-1-4-12(13)9-17/h1-8H,9-10,17H2,(H,18,19). The second kappa shape index (κ2) is 6.36. The van der Waals surface area contributed by atoms with Gasteiger partial charge in [-0.15, -0.1) is 0 Å². The Morgan fingerprint density at radius 2 is 1.84 bits per heavy atom. The van der Waals surface area contributed by atoms with Crippen molar-refractivity contribution in [1.82, 2.24) is 5.32 Å². The van der Waals surface area contributed by atoms with Crippen LogP contribution in [-0.4, -0.2) is 5.91 Å². The molecule has 0 saturated carbocycles. The van der Waals surface area contributed by atoms with Crippen molar-refractivity contribution in [3.63, 3.8) is 0 Å². The summed E-state index contributed by atoms with van der Waals surface area (Å²) in [5.41, 5.74) is 8.28. The van der Waals surface area contributed by atoms with E-state index in [2.05, 4.69) is 5.32 Å². The number of carbonyl (C=O) groups excluding carboxylic acids is 1. The summed E-state index contributed by atoms with van der Waals surface area (Å²) in [6.45, 7) is 0.919. The van der Waals surface area contributed by atoms with Gasteiger partial charge in [0.2, 0.25) is 0 Å². The van der Waals surface area contributed by atoms with Gasteiger partial charge in [0, 0.05) is 23.7 Å². The number of hydrogen-bond donors (Lipinski definition) is 2. The van der Waals surface area contributed by atoms with Crippen molar-refractivity contribution in [1.29, 1.82) is 0 Å². The number of hydrogen-bond acceptors (Lipinski definition) is 2. The Bertz CT molecular complexity index is 584. The van der Waals surface area contributed by atoms with Gasteiger partial charge in [0.05, 0.1) is 0 Å². The molecule has 0 atom stereocenters. The van der Waals surface area contributed by atoms with Crippen molar-refractivity contribution >= 4 is 17.5 Å². The van der Waals surface area contributed by atoms with Gasteiger partial charge in [-0.25, -0.2) is 0 Å². The lowest BCUT2D eigenvalue weighted by atomic mass is 10.1. The predicted molar refractivity (Wildman–Crippen MR) is 77.0 cm³/mol. The zero-order valence-electron chi connectivity index (χ0n) is 10.4. The average Bonchev–Trinajstić information content (AvgIpc) is 2.45. The number of rotatable bonds is 4. The molecule has 2 aromatic rings. The third-order valence-electron chi connectivity index (χ3n) is 2.86. The highest BCUT2D eigenvalue weighted by atomic mass is 35.5. The van der Waals surface area contributed by atoms with Crippen LogP contribution in [0.1, 0.15) is 21.5 Å². The summed E-state index contributed by atoms with van der Waals surface area (Å²) in [6.07, 6.45) is 0. The lowest BCUT2D eigenvalue weighted by molar-refractivity contribution is 0.0951. The minimum Gasteiger partial charge on any atom is -0.348 e. The molecular formula is C15H15ClN2O. The van der Waals surface area contributed by atoms with E-state index < -0.39 is 0 Å². The van der Waals surface area contributed by atoms with E-state index in [0.29, 0.717) is 23.7 Å². The first kappa shape index (κ1) is 13.6. The average molecular weight is 275 g/mol. The van der Waals surface area contributed by atoms with Crippen LogP contribution in [-0.2, 0) is 13.1 Å². The summed E-state index contributed by atoms with van der Waals surface area (Å²) in [5, 5.41) is 3.41. The van der Waals surface area contributed by atoms with Crippen LogP contribution in [0.15, 0.2) is 48.5 Å². The van der Waals surface area contributed by atoms with E-state index in [9.17, 15) is 4.79 Å².